The first-order valence-corrected chi connectivity index (χ1v) is 7.98. The third-order valence-electron chi connectivity index (χ3n) is 5.41. The molecule has 106 valence electrons. The van der Waals surface area contributed by atoms with Gasteiger partial charge in [0.1, 0.15) is 0 Å². The molecule has 0 radical (unpaired) electrons. The number of hydrogen-bond acceptors (Lipinski definition) is 2. The minimum Gasteiger partial charge on any atom is -0.377 e. The highest BCUT2D eigenvalue weighted by molar-refractivity contribution is 4.97. The van der Waals surface area contributed by atoms with E-state index >= 15 is 0 Å². The van der Waals surface area contributed by atoms with Gasteiger partial charge < -0.3 is 10.1 Å². The van der Waals surface area contributed by atoms with Crippen LogP contribution in [-0.4, -0.2) is 25.3 Å². The van der Waals surface area contributed by atoms with Crippen molar-refractivity contribution in [3.8, 4) is 0 Å². The molecule has 0 spiro atoms. The summed E-state index contributed by atoms with van der Waals surface area (Å²) in [5.41, 5.74) is 0.123. The standard InChI is InChI=1S/C16H31NO/c1-4-17-15(12-14-6-5-7-14)16(18-3)10-8-13(2)9-11-16/h13-15,17H,4-12H2,1-3H3. The van der Waals surface area contributed by atoms with Crippen molar-refractivity contribution in [1.82, 2.24) is 5.32 Å². The molecule has 1 unspecified atom stereocenters. The Kier molecular flexibility index (Phi) is 5.08. The SMILES string of the molecule is CCNC(CC1CCC1)C1(OC)CCC(C)CC1. The van der Waals surface area contributed by atoms with Crippen molar-refractivity contribution in [2.75, 3.05) is 13.7 Å². The number of methoxy groups -OCH3 is 1. The molecule has 0 heterocycles. The van der Waals surface area contributed by atoms with Gasteiger partial charge in [-0.1, -0.05) is 33.1 Å². The molecule has 1 N–H and O–H groups in total. The van der Waals surface area contributed by atoms with E-state index in [4.69, 9.17) is 4.74 Å². The number of likely N-dealkylation sites (N-methyl/N-ethyl adjacent to an activating group) is 1. The van der Waals surface area contributed by atoms with Gasteiger partial charge >= 0.3 is 0 Å². The lowest BCUT2D eigenvalue weighted by molar-refractivity contribution is -0.0813. The van der Waals surface area contributed by atoms with Crippen LogP contribution in [0.25, 0.3) is 0 Å². The van der Waals surface area contributed by atoms with Crippen LogP contribution in [0.5, 0.6) is 0 Å². The van der Waals surface area contributed by atoms with Crippen molar-refractivity contribution in [3.05, 3.63) is 0 Å². The predicted octanol–water partition coefficient (Wildman–Crippen LogP) is 3.75. The van der Waals surface area contributed by atoms with Crippen molar-refractivity contribution in [2.24, 2.45) is 11.8 Å². The first-order chi connectivity index (χ1) is 8.70. The van der Waals surface area contributed by atoms with Crippen molar-refractivity contribution in [1.29, 1.82) is 0 Å². The third-order valence-corrected chi connectivity index (χ3v) is 5.41. The van der Waals surface area contributed by atoms with Crippen LogP contribution in [-0.2, 0) is 4.74 Å². The van der Waals surface area contributed by atoms with Crippen molar-refractivity contribution in [3.63, 3.8) is 0 Å². The topological polar surface area (TPSA) is 21.3 Å². The smallest absolute Gasteiger partial charge is 0.0831 e. The molecule has 2 aliphatic carbocycles. The summed E-state index contributed by atoms with van der Waals surface area (Å²) < 4.78 is 6.05. The van der Waals surface area contributed by atoms with Crippen LogP contribution in [0, 0.1) is 11.8 Å². The maximum Gasteiger partial charge on any atom is 0.0831 e. The van der Waals surface area contributed by atoms with Gasteiger partial charge in [0.05, 0.1) is 5.60 Å². The largest absolute Gasteiger partial charge is 0.377 e. The van der Waals surface area contributed by atoms with E-state index in [-0.39, 0.29) is 5.60 Å². The highest BCUT2D eigenvalue weighted by Crippen LogP contribution is 2.41. The fraction of sp³-hybridized carbons (Fsp3) is 1.00. The van der Waals surface area contributed by atoms with E-state index in [0.29, 0.717) is 6.04 Å². The van der Waals surface area contributed by atoms with Crippen molar-refractivity contribution < 1.29 is 4.74 Å². The molecule has 0 amide bonds. The van der Waals surface area contributed by atoms with Crippen LogP contribution < -0.4 is 5.32 Å². The summed E-state index contributed by atoms with van der Waals surface area (Å²) in [4.78, 5) is 0. The summed E-state index contributed by atoms with van der Waals surface area (Å²) in [5, 5.41) is 3.73. The average molecular weight is 253 g/mol. The Morgan fingerprint density at radius 1 is 1.22 bits per heavy atom. The Bertz CT molecular complexity index is 241. The molecule has 0 saturated heterocycles. The summed E-state index contributed by atoms with van der Waals surface area (Å²) in [5.74, 6) is 1.85. The fourth-order valence-corrected chi connectivity index (χ4v) is 3.74. The fourth-order valence-electron chi connectivity index (χ4n) is 3.74. The average Bonchev–Trinajstić information content (AvgIpc) is 2.34. The lowest BCUT2D eigenvalue weighted by atomic mass is 9.70. The van der Waals surface area contributed by atoms with Crippen LogP contribution in [0.3, 0.4) is 0 Å². The number of rotatable bonds is 6. The van der Waals surface area contributed by atoms with E-state index in [2.05, 4.69) is 19.2 Å². The molecule has 0 aromatic heterocycles. The molecule has 18 heavy (non-hydrogen) atoms. The van der Waals surface area contributed by atoms with E-state index in [0.717, 1.165) is 18.4 Å². The summed E-state index contributed by atoms with van der Waals surface area (Å²) in [6.07, 6.45) is 10.8. The molecule has 2 rings (SSSR count). The van der Waals surface area contributed by atoms with Gasteiger partial charge in [-0.25, -0.2) is 0 Å². The molecular formula is C16H31NO. The Morgan fingerprint density at radius 3 is 2.33 bits per heavy atom. The van der Waals surface area contributed by atoms with E-state index in [1.807, 2.05) is 7.11 Å². The van der Waals surface area contributed by atoms with Gasteiger partial charge in [0.2, 0.25) is 0 Å². The van der Waals surface area contributed by atoms with Crippen LogP contribution in [0.1, 0.15) is 65.2 Å². The van der Waals surface area contributed by atoms with Crippen molar-refractivity contribution in [2.45, 2.75) is 76.9 Å². The Hall–Kier alpha value is -0.0800. The summed E-state index contributed by atoms with van der Waals surface area (Å²) in [6.45, 7) is 5.68. The molecule has 0 bridgehead atoms. The molecule has 1 atom stereocenters. The second-order valence-corrected chi connectivity index (χ2v) is 6.59. The maximum absolute atomic E-state index is 6.05. The Morgan fingerprint density at radius 2 is 1.89 bits per heavy atom. The van der Waals surface area contributed by atoms with Gasteiger partial charge in [-0.15, -0.1) is 0 Å². The summed E-state index contributed by atoms with van der Waals surface area (Å²) in [6, 6.07) is 0.574. The van der Waals surface area contributed by atoms with Crippen LogP contribution >= 0.6 is 0 Å². The summed E-state index contributed by atoms with van der Waals surface area (Å²) in [7, 11) is 1.93. The molecule has 2 fully saturated rings. The highest BCUT2D eigenvalue weighted by atomic mass is 16.5. The predicted molar refractivity (Wildman–Crippen MR) is 76.8 cm³/mol. The monoisotopic (exact) mass is 253 g/mol. The lowest BCUT2D eigenvalue weighted by Crippen LogP contribution is -2.54. The van der Waals surface area contributed by atoms with E-state index in [1.165, 1.54) is 51.4 Å². The molecule has 2 saturated carbocycles. The van der Waals surface area contributed by atoms with Gasteiger partial charge in [0.25, 0.3) is 0 Å². The minimum absolute atomic E-state index is 0.123. The first-order valence-electron chi connectivity index (χ1n) is 7.98. The second-order valence-electron chi connectivity index (χ2n) is 6.59. The molecule has 0 aromatic rings. The second kappa shape index (κ2) is 6.38. The zero-order valence-electron chi connectivity index (χ0n) is 12.5. The quantitative estimate of drug-likeness (QED) is 0.778. The van der Waals surface area contributed by atoms with Gasteiger partial charge in [0, 0.05) is 13.2 Å². The number of ether oxygens (including phenoxy) is 1. The van der Waals surface area contributed by atoms with Crippen molar-refractivity contribution >= 4 is 0 Å². The zero-order valence-corrected chi connectivity index (χ0v) is 12.5. The Labute approximate surface area is 113 Å². The first kappa shape index (κ1) is 14.3. The third kappa shape index (κ3) is 3.08. The maximum atomic E-state index is 6.05. The van der Waals surface area contributed by atoms with E-state index < -0.39 is 0 Å². The highest BCUT2D eigenvalue weighted by Gasteiger charge is 2.42. The molecule has 2 heteroatoms. The van der Waals surface area contributed by atoms with Gasteiger partial charge in [-0.05, 0) is 50.5 Å². The number of hydrogen-bond donors (Lipinski definition) is 1. The lowest BCUT2D eigenvalue weighted by Gasteiger charge is -2.46. The minimum atomic E-state index is 0.123. The zero-order chi connectivity index (χ0) is 13.0. The number of nitrogens with one attached hydrogen (secondary N) is 1. The molecular weight excluding hydrogens is 222 g/mol. The van der Waals surface area contributed by atoms with Crippen LogP contribution in [0.15, 0.2) is 0 Å². The normalized spacial score (nSPS) is 35.2. The summed E-state index contributed by atoms with van der Waals surface area (Å²) >= 11 is 0. The molecule has 2 nitrogen and oxygen atoms in total. The molecule has 0 aliphatic heterocycles. The molecule has 0 aromatic carbocycles. The van der Waals surface area contributed by atoms with Crippen LogP contribution in [0.2, 0.25) is 0 Å². The van der Waals surface area contributed by atoms with Gasteiger partial charge in [0.15, 0.2) is 0 Å². The van der Waals surface area contributed by atoms with E-state index in [9.17, 15) is 0 Å². The Balaban J connectivity index is 1.99. The van der Waals surface area contributed by atoms with Gasteiger partial charge in [-0.2, -0.15) is 0 Å². The molecule has 2 aliphatic rings. The van der Waals surface area contributed by atoms with Crippen LogP contribution in [0.4, 0.5) is 0 Å². The van der Waals surface area contributed by atoms with E-state index in [1.54, 1.807) is 0 Å². The van der Waals surface area contributed by atoms with Gasteiger partial charge in [-0.3, -0.25) is 0 Å².